The summed E-state index contributed by atoms with van der Waals surface area (Å²) in [5.74, 6) is -0.346. The molecule has 1 amide bonds. The van der Waals surface area contributed by atoms with Crippen molar-refractivity contribution in [2.75, 3.05) is 18.4 Å². The van der Waals surface area contributed by atoms with Gasteiger partial charge in [0.15, 0.2) is 11.3 Å². The van der Waals surface area contributed by atoms with Crippen molar-refractivity contribution in [3.63, 3.8) is 0 Å². The van der Waals surface area contributed by atoms with E-state index in [-0.39, 0.29) is 5.91 Å². The maximum Gasteiger partial charge on any atom is 0.255 e. The summed E-state index contributed by atoms with van der Waals surface area (Å²) in [7, 11) is 0. The summed E-state index contributed by atoms with van der Waals surface area (Å²) in [6, 6.07) is 8.42. The molecule has 1 unspecified atom stereocenters. The predicted octanol–water partition coefficient (Wildman–Crippen LogP) is 4.04. The second-order valence-electron chi connectivity index (χ2n) is 6.64. The Labute approximate surface area is 160 Å². The van der Waals surface area contributed by atoms with Crippen molar-refractivity contribution in [3.05, 3.63) is 35.2 Å². The number of fused-ring (bicyclic) bond motifs is 1. The molecule has 0 radical (unpaired) electrons. The Morgan fingerprint density at radius 2 is 2.04 bits per heavy atom. The molecule has 0 saturated carbocycles. The van der Waals surface area contributed by atoms with E-state index in [9.17, 15) is 4.79 Å². The second kappa shape index (κ2) is 7.34. The third-order valence-corrected chi connectivity index (χ3v) is 6.93. The molecule has 1 aromatic carbocycles. The number of rotatable bonds is 5. The zero-order valence-electron chi connectivity index (χ0n) is 14.7. The number of thiazole rings is 1. The highest BCUT2D eigenvalue weighted by molar-refractivity contribution is 7.23. The van der Waals surface area contributed by atoms with E-state index in [1.165, 1.54) is 38.3 Å². The van der Waals surface area contributed by atoms with Gasteiger partial charge < -0.3 is 11.1 Å². The summed E-state index contributed by atoms with van der Waals surface area (Å²) in [4.78, 5) is 20.0. The van der Waals surface area contributed by atoms with Gasteiger partial charge in [0.05, 0.1) is 10.6 Å². The molecule has 3 N–H and O–H groups in total. The van der Waals surface area contributed by atoms with Gasteiger partial charge in [-0.05, 0) is 36.8 Å². The molecule has 4 rings (SSSR count). The molecule has 136 valence electrons. The number of carbonyl (C=O) groups excluding carboxylic acids is 1. The van der Waals surface area contributed by atoms with Crippen LogP contribution in [0.4, 0.5) is 5.13 Å². The number of anilines is 1. The van der Waals surface area contributed by atoms with Gasteiger partial charge in [-0.1, -0.05) is 24.6 Å². The highest BCUT2D eigenvalue weighted by atomic mass is 32.1. The number of piperidine rings is 1. The normalized spacial score (nSPS) is 16.7. The number of nitrogens with two attached hydrogens (primary N) is 1. The van der Waals surface area contributed by atoms with Gasteiger partial charge in [-0.25, -0.2) is 4.98 Å². The van der Waals surface area contributed by atoms with Crippen LogP contribution in [0.25, 0.3) is 20.7 Å². The molecule has 1 fully saturated rings. The van der Waals surface area contributed by atoms with Crippen LogP contribution in [-0.2, 0) is 4.79 Å². The molecule has 26 heavy (non-hydrogen) atoms. The minimum absolute atomic E-state index is 0.346. The molecule has 1 atom stereocenters. The van der Waals surface area contributed by atoms with E-state index in [0.29, 0.717) is 0 Å². The van der Waals surface area contributed by atoms with Crippen molar-refractivity contribution in [1.29, 1.82) is 0 Å². The Morgan fingerprint density at radius 3 is 2.77 bits per heavy atom. The molecular formula is C19H22N4OS2. The van der Waals surface area contributed by atoms with Crippen molar-refractivity contribution in [3.8, 4) is 10.6 Å². The first-order chi connectivity index (χ1) is 12.6. The van der Waals surface area contributed by atoms with Crippen LogP contribution < -0.4 is 11.1 Å². The van der Waals surface area contributed by atoms with E-state index in [1.54, 1.807) is 11.3 Å². The number of hydrogen-bond acceptors (Lipinski definition) is 6. The number of thiophene rings is 1. The summed E-state index contributed by atoms with van der Waals surface area (Å²) in [5.41, 5.74) is 7.86. The number of aryl methyl sites for hydroxylation is 1. The Balaban J connectivity index is 1.58. The van der Waals surface area contributed by atoms with Crippen molar-refractivity contribution < 1.29 is 4.79 Å². The predicted molar refractivity (Wildman–Crippen MR) is 110 cm³/mol. The van der Waals surface area contributed by atoms with E-state index in [0.717, 1.165) is 36.8 Å². The summed E-state index contributed by atoms with van der Waals surface area (Å²) < 4.78 is 1.27. The van der Waals surface area contributed by atoms with Gasteiger partial charge in [0.1, 0.15) is 0 Å². The standard InChI is InChI=1S/C19H22N4OS2/c1-12-13-7-3-4-8-15(13)26-16(12)14-11-25-19(21-14)22-18(17(20)24)23-9-5-2-6-10-23/h3-4,7-8,11,18H,2,5-6,9-10H2,1H3,(H2,20,24)(H,21,22). The van der Waals surface area contributed by atoms with Crippen LogP contribution in [0.2, 0.25) is 0 Å². The quantitative estimate of drug-likeness (QED) is 0.694. The maximum atomic E-state index is 11.9. The molecule has 1 aliphatic rings. The lowest BCUT2D eigenvalue weighted by atomic mass is 10.1. The monoisotopic (exact) mass is 386 g/mol. The molecule has 3 heterocycles. The van der Waals surface area contributed by atoms with E-state index < -0.39 is 6.17 Å². The number of carbonyl (C=O) groups is 1. The summed E-state index contributed by atoms with van der Waals surface area (Å²) in [6.45, 7) is 3.93. The van der Waals surface area contributed by atoms with Crippen LogP contribution in [0, 0.1) is 6.92 Å². The highest BCUT2D eigenvalue weighted by Crippen LogP contribution is 2.39. The lowest BCUT2D eigenvalue weighted by Crippen LogP contribution is -2.51. The lowest BCUT2D eigenvalue weighted by molar-refractivity contribution is -0.122. The smallest absolute Gasteiger partial charge is 0.255 e. The van der Waals surface area contributed by atoms with Crippen LogP contribution in [0.15, 0.2) is 29.6 Å². The number of amides is 1. The third kappa shape index (κ3) is 3.34. The summed E-state index contributed by atoms with van der Waals surface area (Å²) >= 11 is 3.28. The second-order valence-corrected chi connectivity index (χ2v) is 8.55. The average Bonchev–Trinajstić information content (AvgIpc) is 3.25. The van der Waals surface area contributed by atoms with Gasteiger partial charge in [-0.3, -0.25) is 9.69 Å². The van der Waals surface area contributed by atoms with Gasteiger partial charge in [-0.2, -0.15) is 0 Å². The van der Waals surface area contributed by atoms with Crippen molar-refractivity contribution in [2.24, 2.45) is 5.73 Å². The van der Waals surface area contributed by atoms with Crippen LogP contribution in [-0.4, -0.2) is 35.0 Å². The third-order valence-electron chi connectivity index (χ3n) is 4.87. The maximum absolute atomic E-state index is 11.9. The number of hydrogen-bond donors (Lipinski definition) is 2. The van der Waals surface area contributed by atoms with E-state index in [1.807, 2.05) is 5.38 Å². The van der Waals surface area contributed by atoms with Crippen molar-refractivity contribution in [2.45, 2.75) is 32.4 Å². The number of likely N-dealkylation sites (tertiary alicyclic amines) is 1. The van der Waals surface area contributed by atoms with Gasteiger partial charge in [0.25, 0.3) is 5.91 Å². The number of nitrogens with zero attached hydrogens (tertiary/aromatic N) is 2. The molecule has 2 aromatic heterocycles. The Bertz CT molecular complexity index is 927. The van der Waals surface area contributed by atoms with E-state index >= 15 is 0 Å². The van der Waals surface area contributed by atoms with Gasteiger partial charge in [0, 0.05) is 23.2 Å². The van der Waals surface area contributed by atoms with Crippen LogP contribution in [0.1, 0.15) is 24.8 Å². The number of aromatic nitrogens is 1. The minimum Gasteiger partial charge on any atom is -0.367 e. The summed E-state index contributed by atoms with van der Waals surface area (Å²) in [6.07, 6.45) is 2.94. The first-order valence-corrected chi connectivity index (χ1v) is 10.6. The Hall–Kier alpha value is -1.96. The molecule has 7 heteroatoms. The topological polar surface area (TPSA) is 71.2 Å². The van der Waals surface area contributed by atoms with Crippen LogP contribution in [0.5, 0.6) is 0 Å². The molecule has 0 bridgehead atoms. The lowest BCUT2D eigenvalue weighted by Gasteiger charge is -2.32. The minimum atomic E-state index is -0.488. The molecule has 5 nitrogen and oxygen atoms in total. The zero-order chi connectivity index (χ0) is 18.1. The van der Waals surface area contributed by atoms with Gasteiger partial charge in [-0.15, -0.1) is 22.7 Å². The van der Waals surface area contributed by atoms with Gasteiger partial charge in [0.2, 0.25) is 0 Å². The molecule has 1 saturated heterocycles. The van der Waals surface area contributed by atoms with Crippen LogP contribution >= 0.6 is 22.7 Å². The molecule has 0 spiro atoms. The molecule has 1 aliphatic heterocycles. The molecular weight excluding hydrogens is 364 g/mol. The number of benzene rings is 1. The Kier molecular flexibility index (Phi) is 4.93. The largest absolute Gasteiger partial charge is 0.367 e. The van der Waals surface area contributed by atoms with Crippen molar-refractivity contribution in [1.82, 2.24) is 9.88 Å². The van der Waals surface area contributed by atoms with Crippen molar-refractivity contribution >= 4 is 43.8 Å². The molecule has 3 aromatic rings. The molecule has 0 aliphatic carbocycles. The van der Waals surface area contributed by atoms with E-state index in [2.05, 4.69) is 41.4 Å². The summed E-state index contributed by atoms with van der Waals surface area (Å²) in [5, 5.41) is 7.32. The fourth-order valence-electron chi connectivity index (χ4n) is 3.50. The first-order valence-electron chi connectivity index (χ1n) is 8.87. The first kappa shape index (κ1) is 17.5. The SMILES string of the molecule is Cc1c(-c2csc(NC(C(N)=O)N3CCCCC3)n2)sc2ccccc12. The number of primary amides is 1. The average molecular weight is 387 g/mol. The zero-order valence-corrected chi connectivity index (χ0v) is 16.3. The van der Waals surface area contributed by atoms with Gasteiger partial charge >= 0.3 is 0 Å². The Morgan fingerprint density at radius 1 is 1.27 bits per heavy atom. The highest BCUT2D eigenvalue weighted by Gasteiger charge is 2.26. The fourth-order valence-corrected chi connectivity index (χ4v) is 5.47. The fraction of sp³-hybridized carbons (Fsp3) is 0.368. The van der Waals surface area contributed by atoms with Crippen LogP contribution in [0.3, 0.4) is 0 Å². The van der Waals surface area contributed by atoms with E-state index in [4.69, 9.17) is 10.7 Å². The number of nitrogens with one attached hydrogen (secondary N) is 1.